The van der Waals surface area contributed by atoms with Gasteiger partial charge < -0.3 is 9.47 Å². The molecule has 0 aliphatic carbocycles. The van der Waals surface area contributed by atoms with Gasteiger partial charge in [-0.25, -0.2) is 4.98 Å². The monoisotopic (exact) mass is 274 g/mol. The number of hydrogen-bond donors (Lipinski definition) is 0. The molecule has 4 heteroatoms. The van der Waals surface area contributed by atoms with Crippen LogP contribution >= 0.6 is 0 Å². The Morgan fingerprint density at radius 2 is 1.75 bits per heavy atom. The van der Waals surface area contributed by atoms with Gasteiger partial charge in [0.25, 0.3) is 5.88 Å². The molecule has 0 saturated heterocycles. The largest absolute Gasteiger partial charge is 0.491 e. The molecule has 0 fully saturated rings. The predicted molar refractivity (Wildman–Crippen MR) is 80.3 cm³/mol. The quantitative estimate of drug-likeness (QED) is 0.852. The van der Waals surface area contributed by atoms with Crippen LogP contribution in [0, 0.1) is 0 Å². The molecule has 4 nitrogen and oxygen atoms in total. The van der Waals surface area contributed by atoms with Crippen LogP contribution in [0.2, 0.25) is 0 Å². The summed E-state index contributed by atoms with van der Waals surface area (Å²) in [5.41, 5.74) is 1.20. The van der Waals surface area contributed by atoms with Gasteiger partial charge >= 0.3 is 0 Å². The fraction of sp³-hybridized carbons (Fsp3) is 0.375. The van der Waals surface area contributed by atoms with E-state index in [9.17, 15) is 0 Å². The zero-order valence-electron chi connectivity index (χ0n) is 12.5. The Morgan fingerprint density at radius 1 is 1.00 bits per heavy atom. The Kier molecular flexibility index (Phi) is 7.11. The van der Waals surface area contributed by atoms with E-state index in [1.165, 1.54) is 5.69 Å². The van der Waals surface area contributed by atoms with Crippen molar-refractivity contribution in [1.82, 2.24) is 9.97 Å². The third kappa shape index (κ3) is 4.88. The minimum Gasteiger partial charge on any atom is -0.491 e. The molecule has 108 valence electrons. The normalized spacial score (nSPS) is 11.0. The predicted octanol–water partition coefficient (Wildman–Crippen LogP) is 3.69. The summed E-state index contributed by atoms with van der Waals surface area (Å²) in [7, 11) is 3.14. The fourth-order valence-corrected chi connectivity index (χ4v) is 1.56. The zero-order valence-corrected chi connectivity index (χ0v) is 12.5. The number of methoxy groups -OCH3 is 2. The topological polar surface area (TPSA) is 44.2 Å². The molecule has 1 unspecified atom stereocenters. The van der Waals surface area contributed by atoms with E-state index in [1.807, 2.05) is 18.3 Å². The summed E-state index contributed by atoms with van der Waals surface area (Å²) in [6.45, 7) is 4.38. The van der Waals surface area contributed by atoms with E-state index in [4.69, 9.17) is 9.47 Å². The Balaban J connectivity index is 0.000000200. The van der Waals surface area contributed by atoms with Gasteiger partial charge in [0.1, 0.15) is 0 Å². The maximum absolute atomic E-state index is 4.95. The molecule has 2 aromatic rings. The Bertz CT molecular complexity index is 466. The molecule has 20 heavy (non-hydrogen) atoms. The van der Waals surface area contributed by atoms with E-state index >= 15 is 0 Å². The number of nitrogens with zero attached hydrogens (tertiary/aromatic N) is 2. The van der Waals surface area contributed by atoms with Crippen molar-refractivity contribution in [3.8, 4) is 11.6 Å². The molecule has 2 rings (SSSR count). The van der Waals surface area contributed by atoms with Gasteiger partial charge in [0.2, 0.25) is 0 Å². The number of pyridine rings is 2. The number of aromatic nitrogens is 2. The lowest BCUT2D eigenvalue weighted by atomic mass is 10.1. The van der Waals surface area contributed by atoms with Gasteiger partial charge in [-0.2, -0.15) is 0 Å². The van der Waals surface area contributed by atoms with E-state index in [-0.39, 0.29) is 0 Å². The summed E-state index contributed by atoms with van der Waals surface area (Å²) in [6, 6.07) is 9.65. The maximum atomic E-state index is 4.95. The fourth-order valence-electron chi connectivity index (χ4n) is 1.56. The Hall–Kier alpha value is -2.10. The first kappa shape index (κ1) is 16.0. The Labute approximate surface area is 120 Å². The lowest BCUT2D eigenvalue weighted by molar-refractivity contribution is 0.343. The summed E-state index contributed by atoms with van der Waals surface area (Å²) in [6.07, 6.45) is 4.67. The van der Waals surface area contributed by atoms with Gasteiger partial charge in [0.05, 0.1) is 14.2 Å². The first-order valence-corrected chi connectivity index (χ1v) is 6.66. The lowest BCUT2D eigenvalue weighted by Crippen LogP contribution is -1.93. The van der Waals surface area contributed by atoms with E-state index in [2.05, 4.69) is 29.9 Å². The van der Waals surface area contributed by atoms with Crippen LogP contribution < -0.4 is 9.47 Å². The van der Waals surface area contributed by atoms with E-state index < -0.39 is 0 Å². The van der Waals surface area contributed by atoms with Gasteiger partial charge in [0, 0.05) is 18.1 Å². The average molecular weight is 274 g/mol. The third-order valence-corrected chi connectivity index (χ3v) is 2.95. The van der Waals surface area contributed by atoms with Crippen molar-refractivity contribution >= 4 is 0 Å². The van der Waals surface area contributed by atoms with Crippen molar-refractivity contribution in [3.63, 3.8) is 0 Å². The molecule has 0 saturated carbocycles. The molecular formula is C16H22N2O2. The molecular weight excluding hydrogens is 252 g/mol. The molecule has 0 aliphatic rings. The van der Waals surface area contributed by atoms with Gasteiger partial charge in [-0.05, 0) is 36.6 Å². The van der Waals surface area contributed by atoms with Crippen LogP contribution in [0.4, 0.5) is 0 Å². The molecule has 0 amide bonds. The highest BCUT2D eigenvalue weighted by molar-refractivity contribution is 5.31. The maximum Gasteiger partial charge on any atom is 0.256 e. The first-order valence-electron chi connectivity index (χ1n) is 6.66. The van der Waals surface area contributed by atoms with Crippen molar-refractivity contribution in [2.75, 3.05) is 14.2 Å². The van der Waals surface area contributed by atoms with Crippen molar-refractivity contribution < 1.29 is 9.47 Å². The van der Waals surface area contributed by atoms with Crippen LogP contribution in [-0.4, -0.2) is 24.2 Å². The third-order valence-electron chi connectivity index (χ3n) is 2.95. The van der Waals surface area contributed by atoms with Gasteiger partial charge in [-0.1, -0.05) is 19.9 Å². The summed E-state index contributed by atoms with van der Waals surface area (Å²) < 4.78 is 9.85. The smallest absolute Gasteiger partial charge is 0.256 e. The van der Waals surface area contributed by atoms with Crippen molar-refractivity contribution in [1.29, 1.82) is 0 Å². The summed E-state index contributed by atoms with van der Waals surface area (Å²) in [5.74, 6) is 1.77. The number of ether oxygens (including phenoxy) is 2. The SMILES string of the molecule is CCC(C)c1ccccn1.COc1cccnc1OC. The lowest BCUT2D eigenvalue weighted by Gasteiger charge is -2.05. The molecule has 1 atom stereocenters. The standard InChI is InChI=1S/C9H13N.C7H9NO2/c1-3-8(2)9-6-4-5-7-10-9;1-9-6-4-3-5-8-7(6)10-2/h4-8H,3H2,1-2H3;3-5H,1-2H3. The minimum absolute atomic E-state index is 0.519. The van der Waals surface area contributed by atoms with Crippen LogP contribution in [0.1, 0.15) is 31.9 Å². The molecule has 0 spiro atoms. The van der Waals surface area contributed by atoms with E-state index in [0.29, 0.717) is 17.5 Å². The van der Waals surface area contributed by atoms with E-state index in [0.717, 1.165) is 6.42 Å². The second kappa shape index (κ2) is 8.91. The molecule has 0 N–H and O–H groups in total. The first-order chi connectivity index (χ1) is 9.72. The molecule has 0 radical (unpaired) electrons. The highest BCUT2D eigenvalue weighted by Crippen LogP contribution is 2.21. The van der Waals surface area contributed by atoms with Crippen molar-refractivity contribution in [2.45, 2.75) is 26.2 Å². The second-order valence-electron chi connectivity index (χ2n) is 4.28. The summed E-state index contributed by atoms with van der Waals surface area (Å²) >= 11 is 0. The van der Waals surface area contributed by atoms with Crippen LogP contribution in [0.25, 0.3) is 0 Å². The Morgan fingerprint density at radius 3 is 2.25 bits per heavy atom. The highest BCUT2D eigenvalue weighted by Gasteiger charge is 2.01. The van der Waals surface area contributed by atoms with Crippen LogP contribution in [0.5, 0.6) is 11.6 Å². The van der Waals surface area contributed by atoms with Crippen molar-refractivity contribution in [2.24, 2.45) is 0 Å². The molecule has 2 aromatic heterocycles. The molecule has 0 bridgehead atoms. The van der Waals surface area contributed by atoms with Crippen LogP contribution in [0.3, 0.4) is 0 Å². The minimum atomic E-state index is 0.519. The van der Waals surface area contributed by atoms with Gasteiger partial charge in [-0.15, -0.1) is 0 Å². The summed E-state index contributed by atoms with van der Waals surface area (Å²) in [4.78, 5) is 8.17. The summed E-state index contributed by atoms with van der Waals surface area (Å²) in [5, 5.41) is 0. The van der Waals surface area contributed by atoms with Gasteiger partial charge in [0.15, 0.2) is 5.75 Å². The van der Waals surface area contributed by atoms with Gasteiger partial charge in [-0.3, -0.25) is 4.98 Å². The molecule has 0 aliphatic heterocycles. The van der Waals surface area contributed by atoms with Crippen LogP contribution in [0.15, 0.2) is 42.7 Å². The van der Waals surface area contributed by atoms with E-state index in [1.54, 1.807) is 32.5 Å². The molecule has 2 heterocycles. The number of hydrogen-bond acceptors (Lipinski definition) is 4. The highest BCUT2D eigenvalue weighted by atomic mass is 16.5. The molecule has 0 aromatic carbocycles. The second-order valence-corrected chi connectivity index (χ2v) is 4.28. The van der Waals surface area contributed by atoms with Crippen molar-refractivity contribution in [3.05, 3.63) is 48.4 Å². The zero-order chi connectivity index (χ0) is 14.8. The average Bonchev–Trinajstić information content (AvgIpc) is 2.55. The number of rotatable bonds is 4. The van der Waals surface area contributed by atoms with Crippen LogP contribution in [-0.2, 0) is 0 Å².